The van der Waals surface area contributed by atoms with E-state index in [0.29, 0.717) is 5.69 Å². The van der Waals surface area contributed by atoms with E-state index in [1.807, 2.05) is 49.5 Å². The van der Waals surface area contributed by atoms with Crippen LogP contribution in [0.2, 0.25) is 0 Å². The third kappa shape index (κ3) is 2.58. The lowest BCUT2D eigenvalue weighted by Crippen LogP contribution is -2.11. The Morgan fingerprint density at radius 1 is 1.05 bits per heavy atom. The van der Waals surface area contributed by atoms with E-state index in [4.69, 9.17) is 5.73 Å². The van der Waals surface area contributed by atoms with Gasteiger partial charge in [0.15, 0.2) is 0 Å². The van der Waals surface area contributed by atoms with Crippen molar-refractivity contribution in [2.24, 2.45) is 5.73 Å². The highest BCUT2D eigenvalue weighted by Gasteiger charge is 2.14. The van der Waals surface area contributed by atoms with Gasteiger partial charge in [-0.3, -0.25) is 0 Å². The maximum absolute atomic E-state index is 14.2. The molecule has 0 aliphatic carbocycles. The molecule has 1 unspecified atom stereocenters. The first kappa shape index (κ1) is 13.5. The normalized spacial score (nSPS) is 12.3. The van der Waals surface area contributed by atoms with E-state index in [-0.39, 0.29) is 11.9 Å². The first-order chi connectivity index (χ1) is 10.2. The molecule has 1 heterocycles. The van der Waals surface area contributed by atoms with Gasteiger partial charge in [-0.1, -0.05) is 42.5 Å². The highest BCUT2D eigenvalue weighted by atomic mass is 19.1. The Balaban J connectivity index is 2.09. The number of nitrogens with zero attached hydrogens (tertiary/aromatic N) is 2. The molecule has 1 aromatic heterocycles. The summed E-state index contributed by atoms with van der Waals surface area (Å²) in [5.41, 5.74) is 9.06. The van der Waals surface area contributed by atoms with E-state index in [0.717, 1.165) is 16.7 Å². The van der Waals surface area contributed by atoms with Crippen LogP contribution in [0.15, 0.2) is 60.9 Å². The largest absolute Gasteiger partial charge is 0.324 e. The molecule has 3 rings (SSSR count). The van der Waals surface area contributed by atoms with Gasteiger partial charge in [0.1, 0.15) is 11.5 Å². The lowest BCUT2D eigenvalue weighted by molar-refractivity contribution is 0.603. The number of para-hydroxylation sites is 1. The summed E-state index contributed by atoms with van der Waals surface area (Å²) < 4.78 is 15.7. The monoisotopic (exact) mass is 281 g/mol. The predicted octanol–water partition coefficient (Wildman–Crippen LogP) is 3.70. The van der Waals surface area contributed by atoms with Gasteiger partial charge in [0.25, 0.3) is 0 Å². The smallest absolute Gasteiger partial charge is 0.149 e. The fraction of sp³-hybridized carbons (Fsp3) is 0.118. The van der Waals surface area contributed by atoms with Crippen molar-refractivity contribution in [1.29, 1.82) is 0 Å². The van der Waals surface area contributed by atoms with Gasteiger partial charge in [-0.25, -0.2) is 9.07 Å². The molecule has 0 spiro atoms. The molecule has 0 bridgehead atoms. The van der Waals surface area contributed by atoms with Crippen molar-refractivity contribution in [2.45, 2.75) is 13.0 Å². The minimum Gasteiger partial charge on any atom is -0.324 e. The van der Waals surface area contributed by atoms with Crippen LogP contribution in [0.3, 0.4) is 0 Å². The molecule has 0 radical (unpaired) electrons. The highest BCUT2D eigenvalue weighted by molar-refractivity contribution is 5.62. The number of benzene rings is 2. The Bertz CT molecular complexity index is 748. The van der Waals surface area contributed by atoms with Crippen molar-refractivity contribution in [1.82, 2.24) is 9.78 Å². The van der Waals surface area contributed by atoms with Crippen LogP contribution < -0.4 is 5.73 Å². The summed E-state index contributed by atoms with van der Waals surface area (Å²) in [7, 11) is 0. The second kappa shape index (κ2) is 5.50. The molecular formula is C17H16FN3. The number of rotatable bonds is 3. The Morgan fingerprint density at radius 3 is 2.52 bits per heavy atom. The number of aromatic nitrogens is 2. The molecule has 3 aromatic rings. The van der Waals surface area contributed by atoms with E-state index >= 15 is 0 Å². The SMILES string of the molecule is CC(N)c1cccc(F)c1-n1cc(-c2ccccc2)cn1. The van der Waals surface area contributed by atoms with Gasteiger partial charge in [0, 0.05) is 17.8 Å². The zero-order valence-electron chi connectivity index (χ0n) is 11.7. The number of halogens is 1. The molecule has 2 N–H and O–H groups in total. The Hall–Kier alpha value is -2.46. The predicted molar refractivity (Wildman–Crippen MR) is 81.6 cm³/mol. The number of hydrogen-bond acceptors (Lipinski definition) is 2. The van der Waals surface area contributed by atoms with Crippen LogP contribution in [-0.4, -0.2) is 9.78 Å². The Morgan fingerprint density at radius 2 is 1.81 bits per heavy atom. The lowest BCUT2D eigenvalue weighted by Gasteiger charge is -2.13. The molecule has 1 atom stereocenters. The van der Waals surface area contributed by atoms with Crippen molar-refractivity contribution in [3.05, 3.63) is 72.3 Å². The summed E-state index contributed by atoms with van der Waals surface area (Å²) in [5.74, 6) is -0.326. The Kier molecular flexibility index (Phi) is 3.54. The first-order valence-electron chi connectivity index (χ1n) is 6.81. The third-order valence-corrected chi connectivity index (χ3v) is 3.43. The summed E-state index contributed by atoms with van der Waals surface area (Å²) in [6.07, 6.45) is 3.55. The molecule has 0 saturated carbocycles. The third-order valence-electron chi connectivity index (χ3n) is 3.43. The molecule has 4 heteroatoms. The Labute approximate surface area is 122 Å². The van der Waals surface area contributed by atoms with E-state index in [1.165, 1.54) is 6.07 Å². The quantitative estimate of drug-likeness (QED) is 0.795. The first-order valence-corrected chi connectivity index (χ1v) is 6.81. The molecule has 0 aliphatic heterocycles. The van der Waals surface area contributed by atoms with Crippen LogP contribution >= 0.6 is 0 Å². The average Bonchev–Trinajstić information content (AvgIpc) is 2.97. The number of nitrogens with two attached hydrogens (primary N) is 1. The molecule has 0 fully saturated rings. The van der Waals surface area contributed by atoms with Crippen molar-refractivity contribution >= 4 is 0 Å². The van der Waals surface area contributed by atoms with Crippen molar-refractivity contribution in [2.75, 3.05) is 0 Å². The number of hydrogen-bond donors (Lipinski definition) is 1. The zero-order chi connectivity index (χ0) is 14.8. The van der Waals surface area contributed by atoms with Crippen LogP contribution in [0, 0.1) is 5.82 Å². The van der Waals surface area contributed by atoms with E-state index in [2.05, 4.69) is 5.10 Å². The van der Waals surface area contributed by atoms with E-state index in [1.54, 1.807) is 16.9 Å². The van der Waals surface area contributed by atoms with Crippen LogP contribution in [0.5, 0.6) is 0 Å². The molecule has 2 aromatic carbocycles. The summed E-state index contributed by atoms with van der Waals surface area (Å²) in [6, 6.07) is 14.5. The van der Waals surface area contributed by atoms with Crippen LogP contribution in [0.25, 0.3) is 16.8 Å². The molecule has 3 nitrogen and oxygen atoms in total. The highest BCUT2D eigenvalue weighted by Crippen LogP contribution is 2.25. The van der Waals surface area contributed by atoms with Gasteiger partial charge in [-0.05, 0) is 24.1 Å². The van der Waals surface area contributed by atoms with Gasteiger partial charge in [0.2, 0.25) is 0 Å². The average molecular weight is 281 g/mol. The van der Waals surface area contributed by atoms with Gasteiger partial charge in [-0.2, -0.15) is 5.10 Å². The fourth-order valence-electron chi connectivity index (χ4n) is 2.37. The van der Waals surface area contributed by atoms with Crippen molar-refractivity contribution in [3.63, 3.8) is 0 Å². The minimum atomic E-state index is -0.326. The minimum absolute atomic E-state index is 0.264. The molecule has 0 aliphatic rings. The summed E-state index contributed by atoms with van der Waals surface area (Å²) >= 11 is 0. The second-order valence-electron chi connectivity index (χ2n) is 5.01. The summed E-state index contributed by atoms with van der Waals surface area (Å²) in [6.45, 7) is 1.83. The van der Waals surface area contributed by atoms with Gasteiger partial charge < -0.3 is 5.73 Å². The van der Waals surface area contributed by atoms with Gasteiger partial charge >= 0.3 is 0 Å². The van der Waals surface area contributed by atoms with E-state index < -0.39 is 0 Å². The summed E-state index contributed by atoms with van der Waals surface area (Å²) in [4.78, 5) is 0. The molecule has 21 heavy (non-hydrogen) atoms. The topological polar surface area (TPSA) is 43.8 Å². The van der Waals surface area contributed by atoms with Gasteiger partial charge in [0.05, 0.1) is 6.20 Å². The van der Waals surface area contributed by atoms with Gasteiger partial charge in [-0.15, -0.1) is 0 Å². The lowest BCUT2D eigenvalue weighted by atomic mass is 10.1. The van der Waals surface area contributed by atoms with E-state index in [9.17, 15) is 4.39 Å². The molecule has 0 amide bonds. The molecule has 0 saturated heterocycles. The van der Waals surface area contributed by atoms with Crippen LogP contribution in [0.4, 0.5) is 4.39 Å². The van der Waals surface area contributed by atoms with Crippen molar-refractivity contribution in [3.8, 4) is 16.8 Å². The maximum Gasteiger partial charge on any atom is 0.149 e. The van der Waals surface area contributed by atoms with Crippen LogP contribution in [0.1, 0.15) is 18.5 Å². The zero-order valence-corrected chi connectivity index (χ0v) is 11.7. The second-order valence-corrected chi connectivity index (χ2v) is 5.01. The molecular weight excluding hydrogens is 265 g/mol. The maximum atomic E-state index is 14.2. The fourth-order valence-corrected chi connectivity index (χ4v) is 2.37. The standard InChI is InChI=1S/C17H16FN3/c1-12(19)15-8-5-9-16(18)17(15)21-11-14(10-20-21)13-6-3-2-4-7-13/h2-12H,19H2,1H3. The molecule has 106 valence electrons. The van der Waals surface area contributed by atoms with Crippen molar-refractivity contribution < 1.29 is 4.39 Å². The van der Waals surface area contributed by atoms with Crippen LogP contribution in [-0.2, 0) is 0 Å². The summed E-state index contributed by atoms with van der Waals surface area (Å²) in [5, 5.41) is 4.29.